The van der Waals surface area contributed by atoms with Crippen LogP contribution in [0.5, 0.6) is 0 Å². The van der Waals surface area contributed by atoms with Crippen molar-refractivity contribution < 1.29 is 13.2 Å². The summed E-state index contributed by atoms with van der Waals surface area (Å²) in [5, 5.41) is 2.88. The quantitative estimate of drug-likeness (QED) is 0.736. The average Bonchev–Trinajstić information content (AvgIpc) is 3.20. The number of aryl methyl sites for hydroxylation is 2. The Kier molecular flexibility index (Phi) is 6.79. The predicted octanol–water partition coefficient (Wildman–Crippen LogP) is 3.64. The first-order valence-corrected chi connectivity index (χ1v) is 11.4. The smallest absolute Gasteiger partial charge is 0.261 e. The number of thiophene rings is 2. The predicted molar refractivity (Wildman–Crippen MR) is 104 cm³/mol. The van der Waals surface area contributed by atoms with Crippen LogP contribution in [0.4, 0.5) is 0 Å². The fourth-order valence-electron chi connectivity index (χ4n) is 2.52. The molecule has 5 nitrogen and oxygen atoms in total. The monoisotopic (exact) mass is 400 g/mol. The van der Waals surface area contributed by atoms with Gasteiger partial charge in [0.05, 0.1) is 11.4 Å². The molecular weight excluding hydrogens is 376 g/mol. The number of hydrogen-bond donors (Lipinski definition) is 1. The van der Waals surface area contributed by atoms with Gasteiger partial charge < -0.3 is 5.32 Å². The molecule has 1 amide bonds. The standard InChI is InChI=1S/C17H24N2O3S3/c1-5-13-10-15(23-12(13)4)17(20)18-11-14-8-9-16(24-14)25(21,22)19(6-2)7-3/h8-10H,5-7,11H2,1-4H3,(H,18,20). The van der Waals surface area contributed by atoms with Crippen LogP contribution >= 0.6 is 22.7 Å². The number of rotatable bonds is 8. The van der Waals surface area contributed by atoms with E-state index in [1.165, 1.54) is 32.5 Å². The van der Waals surface area contributed by atoms with E-state index in [4.69, 9.17) is 0 Å². The second kappa shape index (κ2) is 8.44. The number of nitrogens with one attached hydrogen (secondary N) is 1. The number of carbonyl (C=O) groups is 1. The molecule has 0 aliphatic carbocycles. The van der Waals surface area contributed by atoms with Crippen LogP contribution in [-0.4, -0.2) is 31.7 Å². The fraction of sp³-hybridized carbons (Fsp3) is 0.471. The van der Waals surface area contributed by atoms with Crippen LogP contribution in [0.1, 0.15) is 45.8 Å². The van der Waals surface area contributed by atoms with Crippen molar-refractivity contribution in [1.29, 1.82) is 0 Å². The van der Waals surface area contributed by atoms with Crippen molar-refractivity contribution in [3.63, 3.8) is 0 Å². The van der Waals surface area contributed by atoms with Gasteiger partial charge in [0.2, 0.25) is 0 Å². The van der Waals surface area contributed by atoms with E-state index in [1.54, 1.807) is 12.1 Å². The largest absolute Gasteiger partial charge is 0.346 e. The topological polar surface area (TPSA) is 66.5 Å². The summed E-state index contributed by atoms with van der Waals surface area (Å²) in [5.74, 6) is -0.116. The third kappa shape index (κ3) is 4.49. The van der Waals surface area contributed by atoms with E-state index in [0.29, 0.717) is 28.7 Å². The Hall–Kier alpha value is -1.22. The summed E-state index contributed by atoms with van der Waals surface area (Å²) in [6, 6.07) is 5.31. The molecule has 0 saturated carbocycles. The molecule has 0 atom stereocenters. The molecule has 2 aromatic rings. The minimum atomic E-state index is -3.44. The Labute approximate surface area is 157 Å². The summed E-state index contributed by atoms with van der Waals surface area (Å²) in [5.41, 5.74) is 1.19. The molecular formula is C17H24N2O3S3. The molecule has 0 aromatic carbocycles. The van der Waals surface area contributed by atoms with Crippen molar-refractivity contribution in [1.82, 2.24) is 9.62 Å². The van der Waals surface area contributed by atoms with Gasteiger partial charge in [-0.2, -0.15) is 4.31 Å². The Bertz CT molecular complexity index is 833. The summed E-state index contributed by atoms with van der Waals surface area (Å²) in [6.45, 7) is 8.95. The van der Waals surface area contributed by atoms with Crippen molar-refractivity contribution in [3.8, 4) is 0 Å². The molecule has 0 radical (unpaired) electrons. The number of nitrogens with zero attached hydrogens (tertiary/aromatic N) is 1. The molecule has 0 fully saturated rings. The summed E-state index contributed by atoms with van der Waals surface area (Å²) in [6.07, 6.45) is 0.910. The Morgan fingerprint density at radius 2 is 1.84 bits per heavy atom. The zero-order chi connectivity index (χ0) is 18.6. The van der Waals surface area contributed by atoms with E-state index in [-0.39, 0.29) is 5.91 Å². The summed E-state index contributed by atoms with van der Waals surface area (Å²) in [4.78, 5) is 15.0. The zero-order valence-electron chi connectivity index (χ0n) is 15.0. The van der Waals surface area contributed by atoms with Gasteiger partial charge in [0.15, 0.2) is 0 Å². The molecule has 138 valence electrons. The van der Waals surface area contributed by atoms with Crippen LogP contribution in [-0.2, 0) is 23.0 Å². The molecule has 2 heterocycles. The van der Waals surface area contributed by atoms with Gasteiger partial charge in [0, 0.05) is 22.8 Å². The van der Waals surface area contributed by atoms with Gasteiger partial charge >= 0.3 is 0 Å². The van der Waals surface area contributed by atoms with E-state index in [9.17, 15) is 13.2 Å². The van der Waals surface area contributed by atoms with Gasteiger partial charge in [0.25, 0.3) is 15.9 Å². The SMILES string of the molecule is CCc1cc(C(=O)NCc2ccc(S(=O)(=O)N(CC)CC)s2)sc1C. The number of sulfonamides is 1. The third-order valence-electron chi connectivity index (χ3n) is 3.99. The average molecular weight is 401 g/mol. The highest BCUT2D eigenvalue weighted by atomic mass is 32.2. The number of hydrogen-bond acceptors (Lipinski definition) is 5. The maximum absolute atomic E-state index is 12.5. The normalized spacial score (nSPS) is 11.9. The van der Waals surface area contributed by atoms with Gasteiger partial charge in [-0.25, -0.2) is 8.42 Å². The van der Waals surface area contributed by atoms with Crippen molar-refractivity contribution in [2.24, 2.45) is 0 Å². The summed E-state index contributed by atoms with van der Waals surface area (Å²) >= 11 is 2.70. The van der Waals surface area contributed by atoms with E-state index in [2.05, 4.69) is 12.2 Å². The van der Waals surface area contributed by atoms with Crippen LogP contribution in [0, 0.1) is 6.92 Å². The van der Waals surface area contributed by atoms with Crippen molar-refractivity contribution >= 4 is 38.6 Å². The van der Waals surface area contributed by atoms with Crippen LogP contribution in [0.25, 0.3) is 0 Å². The molecule has 1 N–H and O–H groups in total. The minimum absolute atomic E-state index is 0.116. The van der Waals surface area contributed by atoms with Crippen molar-refractivity contribution in [3.05, 3.63) is 38.4 Å². The van der Waals surface area contributed by atoms with Crippen LogP contribution < -0.4 is 5.32 Å². The van der Waals surface area contributed by atoms with Gasteiger partial charge in [-0.15, -0.1) is 22.7 Å². The molecule has 0 aliphatic heterocycles. The molecule has 2 aromatic heterocycles. The maximum Gasteiger partial charge on any atom is 0.261 e. The molecule has 8 heteroatoms. The first-order chi connectivity index (χ1) is 11.8. The van der Waals surface area contributed by atoms with E-state index >= 15 is 0 Å². The van der Waals surface area contributed by atoms with Gasteiger partial charge in [-0.3, -0.25) is 4.79 Å². The second-order valence-electron chi connectivity index (χ2n) is 5.54. The second-order valence-corrected chi connectivity index (χ2v) is 10.1. The van der Waals surface area contributed by atoms with Crippen molar-refractivity contribution in [2.75, 3.05) is 13.1 Å². The lowest BCUT2D eigenvalue weighted by Crippen LogP contribution is -2.29. The lowest BCUT2D eigenvalue weighted by molar-refractivity contribution is 0.0955. The Morgan fingerprint density at radius 3 is 2.40 bits per heavy atom. The number of carbonyl (C=O) groups excluding carboxylic acids is 1. The van der Waals surface area contributed by atoms with E-state index in [1.807, 2.05) is 26.8 Å². The van der Waals surface area contributed by atoms with E-state index < -0.39 is 10.0 Å². The molecule has 0 bridgehead atoms. The van der Waals surface area contributed by atoms with Crippen LogP contribution in [0.2, 0.25) is 0 Å². The van der Waals surface area contributed by atoms with Gasteiger partial charge in [0.1, 0.15) is 4.21 Å². The molecule has 0 spiro atoms. The molecule has 2 rings (SSSR count). The molecule has 0 aliphatic rings. The van der Waals surface area contributed by atoms with Gasteiger partial charge in [-0.05, 0) is 37.1 Å². The first-order valence-electron chi connectivity index (χ1n) is 8.29. The molecule has 0 saturated heterocycles. The Morgan fingerprint density at radius 1 is 1.16 bits per heavy atom. The summed E-state index contributed by atoms with van der Waals surface area (Å²) < 4.78 is 26.7. The third-order valence-corrected chi connectivity index (χ3v) is 8.68. The first kappa shape index (κ1) is 20.1. The Balaban J connectivity index is 2.05. The van der Waals surface area contributed by atoms with Crippen molar-refractivity contribution in [2.45, 2.75) is 44.9 Å². The number of amides is 1. The minimum Gasteiger partial charge on any atom is -0.346 e. The fourth-order valence-corrected chi connectivity index (χ4v) is 6.46. The highest BCUT2D eigenvalue weighted by Gasteiger charge is 2.23. The van der Waals surface area contributed by atoms with Gasteiger partial charge in [-0.1, -0.05) is 20.8 Å². The molecule has 25 heavy (non-hydrogen) atoms. The zero-order valence-corrected chi connectivity index (χ0v) is 17.4. The highest BCUT2D eigenvalue weighted by Crippen LogP contribution is 2.25. The molecule has 0 unspecified atom stereocenters. The van der Waals surface area contributed by atoms with Crippen LogP contribution in [0.15, 0.2) is 22.4 Å². The van der Waals surface area contributed by atoms with Crippen LogP contribution in [0.3, 0.4) is 0 Å². The maximum atomic E-state index is 12.5. The lowest BCUT2D eigenvalue weighted by Gasteiger charge is -2.16. The highest BCUT2D eigenvalue weighted by molar-refractivity contribution is 7.91. The van der Waals surface area contributed by atoms with E-state index in [0.717, 1.165) is 16.2 Å². The summed E-state index contributed by atoms with van der Waals surface area (Å²) in [7, 11) is -3.44. The lowest BCUT2D eigenvalue weighted by atomic mass is 10.2.